The zero-order valence-electron chi connectivity index (χ0n) is 7.45. The number of thiazole rings is 1. The average Bonchev–Trinajstić information content (AvgIpc) is 2.46. The molecule has 1 aromatic carbocycles. The van der Waals surface area contributed by atoms with Crippen LogP contribution in [0.2, 0.25) is 0 Å². The van der Waals surface area contributed by atoms with Crippen molar-refractivity contribution in [1.82, 2.24) is 4.98 Å². The van der Waals surface area contributed by atoms with Gasteiger partial charge in [0, 0.05) is 0 Å². The summed E-state index contributed by atoms with van der Waals surface area (Å²) in [4.78, 5) is 4.45. The predicted molar refractivity (Wildman–Crippen MR) is 55.3 cm³/mol. The zero-order valence-corrected chi connectivity index (χ0v) is 8.27. The second-order valence-electron chi connectivity index (χ2n) is 3.01. The summed E-state index contributed by atoms with van der Waals surface area (Å²) in [7, 11) is 0. The minimum Gasteiger partial charge on any atom is -0.508 e. The largest absolute Gasteiger partial charge is 0.508 e. The summed E-state index contributed by atoms with van der Waals surface area (Å²) in [6.45, 7) is 2.14. The number of benzene rings is 1. The Morgan fingerprint density at radius 3 is 3.08 bits per heavy atom. The fourth-order valence-corrected chi connectivity index (χ4v) is 2.38. The average molecular weight is 193 g/mol. The predicted octanol–water partition coefficient (Wildman–Crippen LogP) is 2.95. The van der Waals surface area contributed by atoms with E-state index in [2.05, 4.69) is 11.9 Å². The second-order valence-corrected chi connectivity index (χ2v) is 4.12. The standard InChI is InChI=1S/C10H11NOS/c1-2-3-10-11-8-5-4-7(12)6-9(8)13-10/h4-6,12H,2-3H2,1H3. The summed E-state index contributed by atoms with van der Waals surface area (Å²) in [6.07, 6.45) is 2.14. The second kappa shape index (κ2) is 3.34. The van der Waals surface area contributed by atoms with Crippen molar-refractivity contribution in [2.75, 3.05) is 0 Å². The van der Waals surface area contributed by atoms with Gasteiger partial charge in [0.05, 0.1) is 15.2 Å². The fraction of sp³-hybridized carbons (Fsp3) is 0.300. The van der Waals surface area contributed by atoms with E-state index in [1.165, 1.54) is 0 Å². The van der Waals surface area contributed by atoms with E-state index in [-0.39, 0.29) is 0 Å². The lowest BCUT2D eigenvalue weighted by Crippen LogP contribution is -1.78. The Hall–Kier alpha value is -1.09. The maximum Gasteiger partial charge on any atom is 0.117 e. The molecule has 0 aliphatic heterocycles. The topological polar surface area (TPSA) is 33.1 Å². The highest BCUT2D eigenvalue weighted by Crippen LogP contribution is 2.26. The lowest BCUT2D eigenvalue weighted by molar-refractivity contribution is 0.476. The molecule has 2 nitrogen and oxygen atoms in total. The van der Waals surface area contributed by atoms with Crippen LogP contribution in [0.3, 0.4) is 0 Å². The molecular weight excluding hydrogens is 182 g/mol. The minimum atomic E-state index is 0.319. The van der Waals surface area contributed by atoms with Gasteiger partial charge in [-0.05, 0) is 31.0 Å². The Kier molecular flexibility index (Phi) is 2.19. The molecule has 2 aromatic rings. The van der Waals surface area contributed by atoms with Gasteiger partial charge < -0.3 is 5.11 Å². The number of nitrogens with zero attached hydrogens (tertiary/aromatic N) is 1. The molecule has 0 spiro atoms. The van der Waals surface area contributed by atoms with E-state index in [1.807, 2.05) is 6.07 Å². The summed E-state index contributed by atoms with van der Waals surface area (Å²) < 4.78 is 1.07. The number of hydrogen-bond donors (Lipinski definition) is 1. The zero-order chi connectivity index (χ0) is 9.26. The van der Waals surface area contributed by atoms with Crippen molar-refractivity contribution in [3.63, 3.8) is 0 Å². The van der Waals surface area contributed by atoms with Gasteiger partial charge in [-0.25, -0.2) is 4.98 Å². The molecule has 0 aliphatic rings. The number of fused-ring (bicyclic) bond motifs is 1. The van der Waals surface area contributed by atoms with Crippen LogP contribution in [0.1, 0.15) is 18.4 Å². The molecule has 68 valence electrons. The first-order valence-corrected chi connectivity index (χ1v) is 5.19. The van der Waals surface area contributed by atoms with Crippen LogP contribution >= 0.6 is 11.3 Å². The number of aromatic nitrogens is 1. The molecule has 0 aliphatic carbocycles. The summed E-state index contributed by atoms with van der Waals surface area (Å²) in [5.74, 6) is 0.319. The number of aryl methyl sites for hydroxylation is 1. The Morgan fingerprint density at radius 1 is 1.46 bits per heavy atom. The van der Waals surface area contributed by atoms with Crippen LogP contribution in [0, 0.1) is 0 Å². The van der Waals surface area contributed by atoms with Crippen LogP contribution in [-0.2, 0) is 6.42 Å². The number of aromatic hydroxyl groups is 1. The molecule has 2 rings (SSSR count). The highest BCUT2D eigenvalue weighted by Gasteiger charge is 2.02. The Labute approximate surface area is 80.9 Å². The first-order chi connectivity index (χ1) is 6.29. The molecule has 0 saturated heterocycles. The van der Waals surface area contributed by atoms with Crippen LogP contribution in [0.4, 0.5) is 0 Å². The van der Waals surface area contributed by atoms with E-state index in [0.717, 1.165) is 28.1 Å². The summed E-state index contributed by atoms with van der Waals surface area (Å²) in [5, 5.41) is 10.4. The van der Waals surface area contributed by atoms with Crippen molar-refractivity contribution in [1.29, 1.82) is 0 Å². The van der Waals surface area contributed by atoms with Crippen LogP contribution in [0.25, 0.3) is 10.2 Å². The van der Waals surface area contributed by atoms with Gasteiger partial charge in [0.1, 0.15) is 5.75 Å². The SMILES string of the molecule is CCCc1nc2ccc(O)cc2s1. The van der Waals surface area contributed by atoms with Crippen LogP contribution in [0.15, 0.2) is 18.2 Å². The van der Waals surface area contributed by atoms with Crippen molar-refractivity contribution in [3.8, 4) is 5.75 Å². The minimum absolute atomic E-state index is 0.319. The van der Waals surface area contributed by atoms with E-state index < -0.39 is 0 Å². The highest BCUT2D eigenvalue weighted by molar-refractivity contribution is 7.18. The molecular formula is C10H11NOS. The molecule has 0 radical (unpaired) electrons. The highest BCUT2D eigenvalue weighted by atomic mass is 32.1. The third kappa shape index (κ3) is 1.65. The van der Waals surface area contributed by atoms with Crippen LogP contribution in [0.5, 0.6) is 5.75 Å². The Bertz CT molecular complexity index is 422. The molecule has 0 fully saturated rings. The van der Waals surface area contributed by atoms with E-state index >= 15 is 0 Å². The Balaban J connectivity index is 2.49. The maximum atomic E-state index is 9.25. The molecule has 0 atom stereocenters. The van der Waals surface area contributed by atoms with Crippen molar-refractivity contribution < 1.29 is 5.11 Å². The third-order valence-electron chi connectivity index (χ3n) is 1.88. The first kappa shape index (κ1) is 8.51. The van der Waals surface area contributed by atoms with E-state index in [9.17, 15) is 5.11 Å². The number of hydrogen-bond acceptors (Lipinski definition) is 3. The first-order valence-electron chi connectivity index (χ1n) is 4.38. The van der Waals surface area contributed by atoms with Crippen molar-refractivity contribution in [2.24, 2.45) is 0 Å². The molecule has 3 heteroatoms. The smallest absolute Gasteiger partial charge is 0.117 e. The van der Waals surface area contributed by atoms with Crippen LogP contribution < -0.4 is 0 Å². The van der Waals surface area contributed by atoms with Gasteiger partial charge in [-0.3, -0.25) is 0 Å². The number of rotatable bonds is 2. The molecule has 0 unspecified atom stereocenters. The van der Waals surface area contributed by atoms with Gasteiger partial charge >= 0.3 is 0 Å². The van der Waals surface area contributed by atoms with Gasteiger partial charge in [-0.2, -0.15) is 0 Å². The Morgan fingerprint density at radius 2 is 2.31 bits per heavy atom. The van der Waals surface area contributed by atoms with Gasteiger partial charge in [0.15, 0.2) is 0 Å². The van der Waals surface area contributed by atoms with E-state index in [4.69, 9.17) is 0 Å². The molecule has 1 aromatic heterocycles. The maximum absolute atomic E-state index is 9.25. The normalized spacial score (nSPS) is 10.8. The van der Waals surface area contributed by atoms with Gasteiger partial charge in [0.25, 0.3) is 0 Å². The molecule has 13 heavy (non-hydrogen) atoms. The lowest BCUT2D eigenvalue weighted by Gasteiger charge is -1.87. The summed E-state index contributed by atoms with van der Waals surface area (Å²) in [5.41, 5.74) is 0.992. The molecule has 0 bridgehead atoms. The van der Waals surface area contributed by atoms with Crippen molar-refractivity contribution >= 4 is 21.6 Å². The number of phenols is 1. The van der Waals surface area contributed by atoms with Crippen molar-refractivity contribution in [2.45, 2.75) is 19.8 Å². The molecule has 1 heterocycles. The monoisotopic (exact) mass is 193 g/mol. The van der Waals surface area contributed by atoms with Crippen LogP contribution in [-0.4, -0.2) is 10.1 Å². The fourth-order valence-electron chi connectivity index (χ4n) is 1.28. The molecule has 1 N–H and O–H groups in total. The number of phenolic OH excluding ortho intramolecular Hbond substituents is 1. The van der Waals surface area contributed by atoms with E-state index in [1.54, 1.807) is 23.5 Å². The van der Waals surface area contributed by atoms with E-state index in [0.29, 0.717) is 5.75 Å². The van der Waals surface area contributed by atoms with Crippen molar-refractivity contribution in [3.05, 3.63) is 23.2 Å². The molecule has 0 saturated carbocycles. The van der Waals surface area contributed by atoms with Gasteiger partial charge in [0.2, 0.25) is 0 Å². The third-order valence-corrected chi connectivity index (χ3v) is 2.96. The lowest BCUT2D eigenvalue weighted by atomic mass is 10.3. The summed E-state index contributed by atoms with van der Waals surface area (Å²) >= 11 is 1.66. The van der Waals surface area contributed by atoms with Gasteiger partial charge in [-0.1, -0.05) is 6.92 Å². The van der Waals surface area contributed by atoms with Gasteiger partial charge in [-0.15, -0.1) is 11.3 Å². The summed E-state index contributed by atoms with van der Waals surface area (Å²) in [6, 6.07) is 5.31. The quantitative estimate of drug-likeness (QED) is 0.795. The molecule has 0 amide bonds.